The predicted octanol–water partition coefficient (Wildman–Crippen LogP) is 3.45. The minimum Gasteiger partial charge on any atom is -0.501 e. The number of ether oxygens (including phenoxy) is 2. The van der Waals surface area contributed by atoms with E-state index in [-0.39, 0.29) is 11.8 Å². The maximum atomic E-state index is 13.2. The lowest BCUT2D eigenvalue weighted by Crippen LogP contribution is -2.36. The van der Waals surface area contributed by atoms with Crippen LogP contribution in [0.5, 0.6) is 0 Å². The molecule has 1 aliphatic carbocycles. The van der Waals surface area contributed by atoms with Crippen LogP contribution in [0.1, 0.15) is 32.1 Å². The number of nitrogens with zero attached hydrogens (tertiary/aromatic N) is 2. The molecule has 1 aliphatic heterocycles. The molecule has 0 bridgehead atoms. The number of alkyl halides is 1. The molecule has 2 rings (SSSR count). The van der Waals surface area contributed by atoms with Crippen molar-refractivity contribution in [2.75, 3.05) is 52.4 Å². The second kappa shape index (κ2) is 9.97. The Balaban J connectivity index is 2.14. The Kier molecular flexibility index (Phi) is 8.26. The smallest absolute Gasteiger partial charge is 0.236 e. The molecule has 1 fully saturated rings. The molecule has 0 aromatic heterocycles. The lowest BCUT2D eigenvalue weighted by Gasteiger charge is -2.32. The van der Waals surface area contributed by atoms with Crippen LogP contribution in [0.15, 0.2) is 23.7 Å². The Morgan fingerprint density at radius 1 is 1.19 bits per heavy atom. The third kappa shape index (κ3) is 4.94. The lowest BCUT2D eigenvalue weighted by molar-refractivity contribution is -0.132. The Morgan fingerprint density at radius 3 is 2.38 bits per heavy atom. The summed E-state index contributed by atoms with van der Waals surface area (Å²) in [5, 5.41) is 0. The monoisotopic (exact) mass is 476 g/mol. The molecule has 6 heteroatoms. The molecule has 0 aromatic carbocycles. The largest absolute Gasteiger partial charge is 0.501 e. The minimum atomic E-state index is -0.589. The van der Waals surface area contributed by atoms with Gasteiger partial charge in [-0.05, 0) is 62.9 Å². The lowest BCUT2D eigenvalue weighted by atomic mass is 9.77. The van der Waals surface area contributed by atoms with Gasteiger partial charge in [0.05, 0.1) is 25.6 Å². The number of halogens is 1. The molecule has 0 radical (unpaired) electrons. The summed E-state index contributed by atoms with van der Waals surface area (Å²) in [6, 6.07) is 0. The summed E-state index contributed by atoms with van der Waals surface area (Å²) in [6.45, 7) is 2.60. The first-order valence-electron chi connectivity index (χ1n) is 9.51. The molecule has 5 nitrogen and oxygen atoms in total. The Labute approximate surface area is 171 Å². The van der Waals surface area contributed by atoms with Gasteiger partial charge >= 0.3 is 0 Å². The number of carbonyl (C=O) groups excluding carboxylic acids is 1. The topological polar surface area (TPSA) is 42.0 Å². The zero-order chi connectivity index (χ0) is 19.2. The van der Waals surface area contributed by atoms with E-state index in [1.165, 1.54) is 6.42 Å². The van der Waals surface area contributed by atoms with Gasteiger partial charge in [-0.3, -0.25) is 4.79 Å². The Morgan fingerprint density at radius 2 is 1.85 bits per heavy atom. The van der Waals surface area contributed by atoms with Crippen LogP contribution in [0, 0.1) is 11.3 Å². The molecule has 0 atom stereocenters. The second-order valence-corrected chi connectivity index (χ2v) is 8.56. The molecule has 1 heterocycles. The van der Waals surface area contributed by atoms with Crippen LogP contribution < -0.4 is 0 Å². The van der Waals surface area contributed by atoms with Gasteiger partial charge in [0, 0.05) is 13.1 Å². The highest BCUT2D eigenvalue weighted by Gasteiger charge is 2.47. The van der Waals surface area contributed by atoms with Crippen molar-refractivity contribution in [3.63, 3.8) is 0 Å². The summed E-state index contributed by atoms with van der Waals surface area (Å²) in [5.41, 5.74) is -0.589. The van der Waals surface area contributed by atoms with Crippen LogP contribution in [0.25, 0.3) is 0 Å². The van der Waals surface area contributed by atoms with Gasteiger partial charge in [-0.1, -0.05) is 29.0 Å². The molecular weight excluding hydrogens is 443 g/mol. The fourth-order valence-electron chi connectivity index (χ4n) is 3.90. The number of methoxy groups -OCH3 is 2. The fraction of sp³-hybridized carbons (Fsp3) is 0.750. The van der Waals surface area contributed by atoms with Crippen molar-refractivity contribution in [3.05, 3.63) is 23.7 Å². The van der Waals surface area contributed by atoms with Gasteiger partial charge in [-0.2, -0.15) is 0 Å². The standard InChI is InChI=1S/C20H33IN2O3/c1-22(2)11-7-12-23-13-9-20(19(23)24)14-17(25-3)16(8-5-6-10-21)18(15-20)26-4/h14-16H,5-13H2,1-4H3. The van der Waals surface area contributed by atoms with Gasteiger partial charge < -0.3 is 19.3 Å². The predicted molar refractivity (Wildman–Crippen MR) is 113 cm³/mol. The number of unbranched alkanes of at least 4 members (excludes halogenated alkanes) is 1. The van der Waals surface area contributed by atoms with E-state index in [9.17, 15) is 4.79 Å². The average molecular weight is 476 g/mol. The molecular formula is C20H33IN2O3. The molecule has 1 saturated heterocycles. The molecule has 0 N–H and O–H groups in total. The van der Waals surface area contributed by atoms with Gasteiger partial charge in [0.25, 0.3) is 0 Å². The number of amides is 1. The number of rotatable bonds is 10. The van der Waals surface area contributed by atoms with E-state index in [0.717, 1.165) is 61.3 Å². The van der Waals surface area contributed by atoms with Crippen LogP contribution in [0.4, 0.5) is 0 Å². The number of hydrogen-bond donors (Lipinski definition) is 0. The van der Waals surface area contributed by atoms with E-state index in [4.69, 9.17) is 9.47 Å². The highest BCUT2D eigenvalue weighted by molar-refractivity contribution is 14.1. The molecule has 1 spiro atoms. The normalized spacial score (nSPS) is 25.7. The Hall–Kier alpha value is -0.760. The molecule has 0 saturated carbocycles. The molecule has 0 aromatic rings. The summed E-state index contributed by atoms with van der Waals surface area (Å²) in [7, 11) is 7.54. The summed E-state index contributed by atoms with van der Waals surface area (Å²) in [6.07, 6.45) is 9.25. The third-order valence-electron chi connectivity index (χ3n) is 5.35. The van der Waals surface area contributed by atoms with Crippen molar-refractivity contribution in [3.8, 4) is 0 Å². The number of carbonyl (C=O) groups is 1. The number of hydrogen-bond acceptors (Lipinski definition) is 4. The Bertz CT molecular complexity index is 523. The first kappa shape index (κ1) is 21.5. The van der Waals surface area contributed by atoms with Gasteiger partial charge in [-0.25, -0.2) is 0 Å². The van der Waals surface area contributed by atoms with E-state index in [1.807, 2.05) is 4.90 Å². The highest BCUT2D eigenvalue weighted by atomic mass is 127. The van der Waals surface area contributed by atoms with Gasteiger partial charge in [0.1, 0.15) is 11.5 Å². The van der Waals surface area contributed by atoms with E-state index in [0.29, 0.717) is 0 Å². The van der Waals surface area contributed by atoms with Gasteiger partial charge in [-0.15, -0.1) is 0 Å². The summed E-state index contributed by atoms with van der Waals surface area (Å²) in [5.74, 6) is 2.10. The third-order valence-corrected chi connectivity index (χ3v) is 6.11. The molecule has 148 valence electrons. The van der Waals surface area contributed by atoms with Gasteiger partial charge in [0.2, 0.25) is 5.91 Å². The molecule has 1 amide bonds. The maximum absolute atomic E-state index is 13.2. The van der Waals surface area contributed by atoms with Crippen LogP contribution >= 0.6 is 22.6 Å². The zero-order valence-electron chi connectivity index (χ0n) is 16.6. The van der Waals surface area contributed by atoms with Crippen molar-refractivity contribution in [2.24, 2.45) is 11.3 Å². The fourth-order valence-corrected chi connectivity index (χ4v) is 4.44. The summed E-state index contributed by atoms with van der Waals surface area (Å²) in [4.78, 5) is 17.3. The summed E-state index contributed by atoms with van der Waals surface area (Å²) >= 11 is 2.41. The van der Waals surface area contributed by atoms with E-state index >= 15 is 0 Å². The highest BCUT2D eigenvalue weighted by Crippen LogP contribution is 2.44. The van der Waals surface area contributed by atoms with Crippen LogP contribution in [0.2, 0.25) is 0 Å². The maximum Gasteiger partial charge on any atom is 0.236 e. The molecule has 26 heavy (non-hydrogen) atoms. The molecule has 0 unspecified atom stereocenters. The van der Waals surface area contributed by atoms with Crippen LogP contribution in [-0.2, 0) is 14.3 Å². The minimum absolute atomic E-state index is 0.133. The summed E-state index contributed by atoms with van der Waals surface area (Å²) < 4.78 is 12.6. The van der Waals surface area contributed by atoms with Crippen molar-refractivity contribution in [1.29, 1.82) is 0 Å². The average Bonchev–Trinajstić information content (AvgIpc) is 2.91. The van der Waals surface area contributed by atoms with Crippen molar-refractivity contribution >= 4 is 28.5 Å². The van der Waals surface area contributed by atoms with E-state index in [2.05, 4.69) is 53.7 Å². The van der Waals surface area contributed by atoms with Crippen LogP contribution in [-0.4, -0.2) is 68.1 Å². The van der Waals surface area contributed by atoms with Crippen LogP contribution in [0.3, 0.4) is 0 Å². The molecule has 2 aliphatic rings. The number of likely N-dealkylation sites (tertiary alicyclic amines) is 1. The first-order valence-corrected chi connectivity index (χ1v) is 11.0. The van der Waals surface area contributed by atoms with Crippen molar-refractivity contribution < 1.29 is 14.3 Å². The quantitative estimate of drug-likeness (QED) is 0.275. The van der Waals surface area contributed by atoms with Crippen molar-refractivity contribution in [2.45, 2.75) is 32.1 Å². The second-order valence-electron chi connectivity index (χ2n) is 7.48. The zero-order valence-corrected chi connectivity index (χ0v) is 18.8. The van der Waals surface area contributed by atoms with E-state index in [1.54, 1.807) is 14.2 Å². The van der Waals surface area contributed by atoms with Gasteiger partial charge in [0.15, 0.2) is 0 Å². The SMILES string of the molecule is COC1=CC2(C=C(OC)C1CCCCI)CCN(CCCN(C)C)C2=O. The van der Waals surface area contributed by atoms with E-state index < -0.39 is 5.41 Å². The first-order chi connectivity index (χ1) is 12.5. The van der Waals surface area contributed by atoms with Crippen molar-refractivity contribution in [1.82, 2.24) is 9.80 Å².